The first-order chi connectivity index (χ1) is 15.8. The van der Waals surface area contributed by atoms with Crippen molar-refractivity contribution in [1.29, 1.82) is 0 Å². The standard InChI is InChI=1S/C24H26N5O3P/c1-25-23(30)17-8-5-6-10-19(17)26-22-16-9-7-11-18(16)27-24(29-22)28-20-13-12-15(33(3,4)31)14-21(20)32-2/h5-10,12-14H,11H2,1-4H3,(H,25,30)(H2,26,27,28,29). The lowest BCUT2D eigenvalue weighted by molar-refractivity contribution is 0.0964. The molecular formula is C24H26N5O3P. The number of methoxy groups -OCH3 is 1. The van der Waals surface area contributed by atoms with E-state index in [-0.39, 0.29) is 5.91 Å². The van der Waals surface area contributed by atoms with E-state index in [4.69, 9.17) is 4.74 Å². The average molecular weight is 463 g/mol. The van der Waals surface area contributed by atoms with E-state index in [1.54, 1.807) is 39.6 Å². The van der Waals surface area contributed by atoms with Gasteiger partial charge in [-0.1, -0.05) is 24.3 Å². The Labute approximate surface area is 192 Å². The van der Waals surface area contributed by atoms with Crippen LogP contribution in [-0.4, -0.2) is 43.4 Å². The fraction of sp³-hybridized carbons (Fsp3) is 0.208. The van der Waals surface area contributed by atoms with Crippen LogP contribution >= 0.6 is 7.14 Å². The maximum absolute atomic E-state index is 12.5. The van der Waals surface area contributed by atoms with Crippen LogP contribution in [-0.2, 0) is 11.0 Å². The normalized spacial score (nSPS) is 12.2. The molecule has 1 aliphatic carbocycles. The first-order valence-corrected chi connectivity index (χ1v) is 13.1. The fourth-order valence-corrected chi connectivity index (χ4v) is 4.44. The summed E-state index contributed by atoms with van der Waals surface area (Å²) in [6, 6.07) is 12.7. The summed E-state index contributed by atoms with van der Waals surface area (Å²) in [6.45, 7) is 3.44. The molecule has 0 saturated heterocycles. The summed E-state index contributed by atoms with van der Waals surface area (Å²) in [5.74, 6) is 1.35. The monoisotopic (exact) mass is 463 g/mol. The third kappa shape index (κ3) is 4.76. The van der Waals surface area contributed by atoms with E-state index in [9.17, 15) is 9.36 Å². The minimum Gasteiger partial charge on any atom is -0.495 e. The van der Waals surface area contributed by atoms with Crippen LogP contribution in [0.4, 0.5) is 23.1 Å². The van der Waals surface area contributed by atoms with Crippen molar-refractivity contribution < 1.29 is 14.1 Å². The number of allylic oxidation sites excluding steroid dienone is 1. The lowest BCUT2D eigenvalue weighted by atomic mass is 10.1. The Morgan fingerprint density at radius 2 is 1.85 bits per heavy atom. The van der Waals surface area contributed by atoms with Gasteiger partial charge in [0.05, 0.1) is 29.7 Å². The highest BCUT2D eigenvalue weighted by atomic mass is 31.2. The number of hydrogen-bond acceptors (Lipinski definition) is 7. The van der Waals surface area contributed by atoms with Crippen molar-refractivity contribution in [3.05, 3.63) is 65.4 Å². The molecule has 0 bridgehead atoms. The molecule has 8 nitrogen and oxygen atoms in total. The van der Waals surface area contributed by atoms with Crippen molar-refractivity contribution in [3.63, 3.8) is 0 Å². The molecule has 0 unspecified atom stereocenters. The number of benzene rings is 2. The number of aromatic nitrogens is 2. The van der Waals surface area contributed by atoms with Crippen LogP contribution in [0, 0.1) is 0 Å². The summed E-state index contributed by atoms with van der Waals surface area (Å²) in [6.07, 6.45) is 4.68. The Morgan fingerprint density at radius 1 is 1.06 bits per heavy atom. The molecule has 2 aromatic carbocycles. The van der Waals surface area contributed by atoms with E-state index in [1.165, 1.54) is 0 Å². The van der Waals surface area contributed by atoms with Gasteiger partial charge in [0.15, 0.2) is 0 Å². The Balaban J connectivity index is 1.70. The smallest absolute Gasteiger partial charge is 0.253 e. The number of amides is 1. The Kier molecular flexibility index (Phi) is 6.20. The van der Waals surface area contributed by atoms with Gasteiger partial charge in [0.1, 0.15) is 18.7 Å². The zero-order chi connectivity index (χ0) is 23.6. The number of anilines is 4. The molecule has 0 fully saturated rings. The molecule has 170 valence electrons. The molecular weight excluding hydrogens is 437 g/mol. The predicted molar refractivity (Wildman–Crippen MR) is 133 cm³/mol. The van der Waals surface area contributed by atoms with Gasteiger partial charge >= 0.3 is 0 Å². The van der Waals surface area contributed by atoms with E-state index < -0.39 is 7.14 Å². The van der Waals surface area contributed by atoms with Crippen molar-refractivity contribution in [2.45, 2.75) is 6.42 Å². The van der Waals surface area contributed by atoms with Gasteiger partial charge in [0, 0.05) is 24.3 Å². The number of hydrogen-bond donors (Lipinski definition) is 3. The van der Waals surface area contributed by atoms with Gasteiger partial charge in [0.2, 0.25) is 5.95 Å². The molecule has 1 aliphatic rings. The maximum atomic E-state index is 12.5. The van der Waals surface area contributed by atoms with Crippen LogP contribution in [0.25, 0.3) is 6.08 Å². The molecule has 0 radical (unpaired) electrons. The molecule has 1 heterocycles. The molecule has 3 aromatic rings. The van der Waals surface area contributed by atoms with E-state index in [0.29, 0.717) is 40.9 Å². The molecule has 1 aromatic heterocycles. The number of rotatable bonds is 7. The van der Waals surface area contributed by atoms with Gasteiger partial charge in [-0.05, 0) is 43.7 Å². The van der Waals surface area contributed by atoms with Crippen LogP contribution in [0.3, 0.4) is 0 Å². The highest BCUT2D eigenvalue weighted by molar-refractivity contribution is 7.70. The van der Waals surface area contributed by atoms with E-state index in [1.807, 2.05) is 42.5 Å². The summed E-state index contributed by atoms with van der Waals surface area (Å²) < 4.78 is 18.0. The lowest BCUT2D eigenvalue weighted by Crippen LogP contribution is -2.19. The lowest BCUT2D eigenvalue weighted by Gasteiger charge is -2.16. The molecule has 3 N–H and O–H groups in total. The summed E-state index contributed by atoms with van der Waals surface area (Å²) in [4.78, 5) is 21.6. The van der Waals surface area contributed by atoms with Crippen molar-refractivity contribution in [1.82, 2.24) is 15.3 Å². The number of nitrogens with zero attached hydrogens (tertiary/aromatic N) is 2. The SMILES string of the molecule is CNC(=O)c1ccccc1Nc1nc(Nc2ccc(P(C)(C)=O)cc2OC)nc2c1C=CC2. The van der Waals surface area contributed by atoms with Crippen molar-refractivity contribution >= 4 is 47.6 Å². The largest absolute Gasteiger partial charge is 0.495 e. The molecule has 0 spiro atoms. The first kappa shape index (κ1) is 22.6. The van der Waals surface area contributed by atoms with Crippen LogP contribution in [0.15, 0.2) is 48.5 Å². The highest BCUT2D eigenvalue weighted by Crippen LogP contribution is 2.38. The number of para-hydroxylation sites is 1. The first-order valence-electron chi connectivity index (χ1n) is 10.5. The second-order valence-corrected chi connectivity index (χ2v) is 11.2. The molecule has 33 heavy (non-hydrogen) atoms. The minimum atomic E-state index is -2.42. The quantitative estimate of drug-likeness (QED) is 0.452. The van der Waals surface area contributed by atoms with E-state index in [0.717, 1.165) is 16.6 Å². The summed E-state index contributed by atoms with van der Waals surface area (Å²) in [5, 5.41) is 9.92. The van der Waals surface area contributed by atoms with Crippen molar-refractivity contribution in [2.24, 2.45) is 0 Å². The zero-order valence-electron chi connectivity index (χ0n) is 19.0. The third-order valence-electron chi connectivity index (χ3n) is 5.33. The topological polar surface area (TPSA) is 105 Å². The average Bonchev–Trinajstić information content (AvgIpc) is 3.27. The van der Waals surface area contributed by atoms with Gasteiger partial charge in [-0.25, -0.2) is 4.98 Å². The number of nitrogens with one attached hydrogen (secondary N) is 3. The van der Waals surface area contributed by atoms with Crippen LogP contribution in [0.2, 0.25) is 0 Å². The number of carbonyl (C=O) groups excluding carboxylic acids is 1. The van der Waals surface area contributed by atoms with Gasteiger partial charge in [-0.2, -0.15) is 4.98 Å². The molecule has 0 saturated carbocycles. The van der Waals surface area contributed by atoms with E-state index >= 15 is 0 Å². The Hall–Kier alpha value is -3.64. The summed E-state index contributed by atoms with van der Waals surface area (Å²) in [7, 11) is 0.740. The number of fused-ring (bicyclic) bond motifs is 1. The van der Waals surface area contributed by atoms with Gasteiger partial charge in [-0.15, -0.1) is 0 Å². The van der Waals surface area contributed by atoms with Crippen LogP contribution in [0.1, 0.15) is 21.6 Å². The van der Waals surface area contributed by atoms with Gasteiger partial charge < -0.3 is 25.3 Å². The maximum Gasteiger partial charge on any atom is 0.253 e. The van der Waals surface area contributed by atoms with Crippen molar-refractivity contribution in [2.75, 3.05) is 38.1 Å². The molecule has 0 atom stereocenters. The molecule has 9 heteroatoms. The summed E-state index contributed by atoms with van der Waals surface area (Å²) >= 11 is 0. The van der Waals surface area contributed by atoms with E-state index in [2.05, 4.69) is 25.9 Å². The Morgan fingerprint density at radius 3 is 2.58 bits per heavy atom. The van der Waals surface area contributed by atoms with Gasteiger partial charge in [0.25, 0.3) is 5.91 Å². The van der Waals surface area contributed by atoms with Crippen molar-refractivity contribution in [3.8, 4) is 5.75 Å². The van der Waals surface area contributed by atoms with Crippen LogP contribution < -0.4 is 26.0 Å². The zero-order valence-corrected chi connectivity index (χ0v) is 19.9. The number of carbonyl (C=O) groups is 1. The molecule has 1 amide bonds. The fourth-order valence-electron chi connectivity index (χ4n) is 3.58. The minimum absolute atomic E-state index is 0.188. The van der Waals surface area contributed by atoms with Crippen LogP contribution in [0.5, 0.6) is 5.75 Å². The third-order valence-corrected chi connectivity index (χ3v) is 6.85. The molecule has 0 aliphatic heterocycles. The number of ether oxygens (including phenoxy) is 1. The second-order valence-electron chi connectivity index (χ2n) is 7.97. The summed E-state index contributed by atoms with van der Waals surface area (Å²) in [5.41, 5.74) is 3.58. The Bertz CT molecular complexity index is 1300. The molecule has 4 rings (SSSR count). The highest BCUT2D eigenvalue weighted by Gasteiger charge is 2.19. The van der Waals surface area contributed by atoms with Gasteiger partial charge in [-0.3, -0.25) is 4.79 Å². The predicted octanol–water partition coefficient (Wildman–Crippen LogP) is 4.15. The second kappa shape index (κ2) is 9.08.